The first kappa shape index (κ1) is 12.0. The zero-order valence-electron chi connectivity index (χ0n) is 7.72. The molecule has 0 heterocycles. The second-order valence-corrected chi connectivity index (χ2v) is 4.03. The molecule has 0 amide bonds. The van der Waals surface area contributed by atoms with Crippen LogP contribution in [0.15, 0.2) is 24.3 Å². The summed E-state index contributed by atoms with van der Waals surface area (Å²) >= 11 is 17.2. The molecule has 0 fully saturated rings. The molecule has 0 aromatic heterocycles. The molecule has 0 aliphatic carbocycles. The van der Waals surface area contributed by atoms with Crippen molar-refractivity contribution >= 4 is 40.5 Å². The molecule has 0 saturated heterocycles. The van der Waals surface area contributed by atoms with E-state index in [-0.39, 0.29) is 0 Å². The molecule has 1 aromatic rings. The largest absolute Gasteiger partial charge is 0.369 e. The van der Waals surface area contributed by atoms with Crippen LogP contribution in [0.3, 0.4) is 0 Å². The number of anilines is 1. The van der Waals surface area contributed by atoms with Crippen molar-refractivity contribution in [2.24, 2.45) is 0 Å². The molecule has 4 heteroatoms. The normalized spacial score (nSPS) is 10.2. The third-order valence-electron chi connectivity index (χ3n) is 1.90. The van der Waals surface area contributed by atoms with Crippen LogP contribution in [-0.4, -0.2) is 24.8 Å². The Hall–Kier alpha value is -0.110. The number of halogens is 3. The van der Waals surface area contributed by atoms with Crippen molar-refractivity contribution in [3.8, 4) is 0 Å². The van der Waals surface area contributed by atoms with E-state index in [4.69, 9.17) is 34.8 Å². The van der Waals surface area contributed by atoms with Gasteiger partial charge in [-0.2, -0.15) is 0 Å². The first-order chi connectivity index (χ1) is 6.77. The number of alkyl halides is 2. The fraction of sp³-hybridized carbons (Fsp3) is 0.400. The van der Waals surface area contributed by atoms with Gasteiger partial charge < -0.3 is 4.90 Å². The Balaban J connectivity index is 2.71. The van der Waals surface area contributed by atoms with E-state index in [0.717, 1.165) is 23.8 Å². The van der Waals surface area contributed by atoms with Crippen LogP contribution in [0.5, 0.6) is 0 Å². The van der Waals surface area contributed by atoms with Gasteiger partial charge in [-0.25, -0.2) is 0 Å². The maximum Gasteiger partial charge on any atom is 0.0407 e. The number of hydrogen-bond donors (Lipinski definition) is 0. The van der Waals surface area contributed by atoms with Gasteiger partial charge in [0.25, 0.3) is 0 Å². The van der Waals surface area contributed by atoms with Crippen LogP contribution in [0.1, 0.15) is 0 Å². The summed E-state index contributed by atoms with van der Waals surface area (Å²) < 4.78 is 0. The number of rotatable bonds is 5. The van der Waals surface area contributed by atoms with E-state index in [1.165, 1.54) is 0 Å². The molecule has 0 atom stereocenters. The lowest BCUT2D eigenvalue weighted by Gasteiger charge is -2.22. The van der Waals surface area contributed by atoms with Crippen molar-refractivity contribution < 1.29 is 0 Å². The van der Waals surface area contributed by atoms with Gasteiger partial charge in [-0.3, -0.25) is 0 Å². The fourth-order valence-corrected chi connectivity index (χ4v) is 1.76. The van der Waals surface area contributed by atoms with Crippen molar-refractivity contribution in [1.82, 2.24) is 0 Å². The molecule has 14 heavy (non-hydrogen) atoms. The molecule has 0 saturated carbocycles. The van der Waals surface area contributed by atoms with E-state index in [1.807, 2.05) is 24.3 Å². The number of benzene rings is 1. The summed E-state index contributed by atoms with van der Waals surface area (Å²) in [7, 11) is 0. The first-order valence-corrected chi connectivity index (χ1v) is 5.85. The average Bonchev–Trinajstić information content (AvgIpc) is 2.19. The van der Waals surface area contributed by atoms with Crippen molar-refractivity contribution in [3.63, 3.8) is 0 Å². The van der Waals surface area contributed by atoms with E-state index < -0.39 is 0 Å². The number of nitrogens with zero attached hydrogens (tertiary/aromatic N) is 1. The summed E-state index contributed by atoms with van der Waals surface area (Å²) in [6, 6.07) is 7.68. The SMILES string of the molecule is ClCCN(CCCl)c1ccc(Cl)cc1. The van der Waals surface area contributed by atoms with Crippen LogP contribution in [-0.2, 0) is 0 Å². The van der Waals surface area contributed by atoms with Gasteiger partial charge in [0, 0.05) is 35.6 Å². The van der Waals surface area contributed by atoms with Crippen LogP contribution < -0.4 is 4.90 Å². The molecule has 1 aromatic carbocycles. The van der Waals surface area contributed by atoms with Gasteiger partial charge in [0.05, 0.1) is 0 Å². The molecule has 0 aliphatic rings. The minimum absolute atomic E-state index is 0.597. The summed E-state index contributed by atoms with van der Waals surface area (Å²) in [6.07, 6.45) is 0. The Kier molecular flexibility index (Phi) is 5.46. The molecular weight excluding hydrogens is 240 g/mol. The van der Waals surface area contributed by atoms with E-state index in [1.54, 1.807) is 0 Å². The highest BCUT2D eigenvalue weighted by Gasteiger charge is 2.04. The first-order valence-electron chi connectivity index (χ1n) is 4.40. The third kappa shape index (κ3) is 3.56. The molecule has 1 nitrogen and oxygen atoms in total. The zero-order valence-corrected chi connectivity index (χ0v) is 9.99. The lowest BCUT2D eigenvalue weighted by Crippen LogP contribution is -2.27. The Morgan fingerprint density at radius 3 is 1.86 bits per heavy atom. The fourth-order valence-electron chi connectivity index (χ4n) is 1.23. The highest BCUT2D eigenvalue weighted by molar-refractivity contribution is 6.30. The lowest BCUT2D eigenvalue weighted by atomic mass is 10.3. The average molecular weight is 253 g/mol. The Labute approximate surface area is 99.6 Å². The quantitative estimate of drug-likeness (QED) is 0.724. The summed E-state index contributed by atoms with van der Waals surface area (Å²) in [5, 5.41) is 0.741. The van der Waals surface area contributed by atoms with Crippen molar-refractivity contribution in [3.05, 3.63) is 29.3 Å². The van der Waals surface area contributed by atoms with Crippen LogP contribution in [0.4, 0.5) is 5.69 Å². The van der Waals surface area contributed by atoms with E-state index in [2.05, 4.69) is 4.90 Å². The van der Waals surface area contributed by atoms with E-state index >= 15 is 0 Å². The van der Waals surface area contributed by atoms with Gasteiger partial charge in [0.15, 0.2) is 0 Å². The molecular formula is C10H12Cl3N. The molecule has 0 bridgehead atoms. The summed E-state index contributed by atoms with van der Waals surface area (Å²) in [6.45, 7) is 1.60. The van der Waals surface area contributed by atoms with E-state index in [9.17, 15) is 0 Å². The van der Waals surface area contributed by atoms with Crippen LogP contribution >= 0.6 is 34.8 Å². The van der Waals surface area contributed by atoms with Crippen molar-refractivity contribution in [2.75, 3.05) is 29.7 Å². The maximum absolute atomic E-state index is 5.80. The Morgan fingerprint density at radius 1 is 0.929 bits per heavy atom. The maximum atomic E-state index is 5.80. The predicted octanol–water partition coefficient (Wildman–Crippen LogP) is 3.62. The zero-order chi connectivity index (χ0) is 10.4. The van der Waals surface area contributed by atoms with Gasteiger partial charge in [0.1, 0.15) is 0 Å². The highest BCUT2D eigenvalue weighted by atomic mass is 35.5. The van der Waals surface area contributed by atoms with Gasteiger partial charge in [-0.1, -0.05) is 11.6 Å². The third-order valence-corrected chi connectivity index (χ3v) is 2.49. The number of hydrogen-bond acceptors (Lipinski definition) is 1. The standard InChI is InChI=1S/C10H12Cl3N/c11-5-7-14(8-6-12)10-3-1-9(13)2-4-10/h1-4H,5-8H2. The van der Waals surface area contributed by atoms with Gasteiger partial charge in [-0.15, -0.1) is 23.2 Å². The summed E-state index contributed by atoms with van der Waals surface area (Å²) in [5.74, 6) is 1.19. The monoisotopic (exact) mass is 251 g/mol. The summed E-state index contributed by atoms with van der Waals surface area (Å²) in [4.78, 5) is 2.14. The van der Waals surface area contributed by atoms with Crippen LogP contribution in [0.25, 0.3) is 0 Å². The van der Waals surface area contributed by atoms with Gasteiger partial charge in [-0.05, 0) is 24.3 Å². The molecule has 78 valence electrons. The van der Waals surface area contributed by atoms with Crippen LogP contribution in [0.2, 0.25) is 5.02 Å². The topological polar surface area (TPSA) is 3.24 Å². The highest BCUT2D eigenvalue weighted by Crippen LogP contribution is 2.17. The molecule has 1 rings (SSSR count). The smallest absolute Gasteiger partial charge is 0.0407 e. The van der Waals surface area contributed by atoms with E-state index in [0.29, 0.717) is 11.8 Å². The van der Waals surface area contributed by atoms with Crippen molar-refractivity contribution in [1.29, 1.82) is 0 Å². The van der Waals surface area contributed by atoms with Crippen LogP contribution in [0, 0.1) is 0 Å². The molecule has 0 aliphatic heterocycles. The predicted molar refractivity (Wildman–Crippen MR) is 65.1 cm³/mol. The Morgan fingerprint density at radius 2 is 1.43 bits per heavy atom. The second-order valence-electron chi connectivity index (χ2n) is 2.84. The van der Waals surface area contributed by atoms with Crippen molar-refractivity contribution in [2.45, 2.75) is 0 Å². The minimum Gasteiger partial charge on any atom is -0.369 e. The molecule has 0 spiro atoms. The molecule has 0 N–H and O–H groups in total. The lowest BCUT2D eigenvalue weighted by molar-refractivity contribution is 0.874. The van der Waals surface area contributed by atoms with Gasteiger partial charge >= 0.3 is 0 Å². The second kappa shape index (κ2) is 6.39. The molecule has 0 radical (unpaired) electrons. The molecule has 0 unspecified atom stereocenters. The summed E-state index contributed by atoms with van der Waals surface area (Å²) in [5.41, 5.74) is 1.11. The van der Waals surface area contributed by atoms with Gasteiger partial charge in [0.2, 0.25) is 0 Å². The minimum atomic E-state index is 0.597. The Bertz CT molecular complexity index is 255.